The number of carbonyl (C=O) groups excluding carboxylic acids is 1. The van der Waals surface area contributed by atoms with Crippen LogP contribution in [0.15, 0.2) is 47.0 Å². The number of nitrogens with one attached hydrogen (secondary N) is 1. The van der Waals surface area contributed by atoms with Crippen LogP contribution in [0.3, 0.4) is 0 Å². The number of hydrogen-bond acceptors (Lipinski definition) is 6. The van der Waals surface area contributed by atoms with Crippen LogP contribution in [0.5, 0.6) is 0 Å². The third kappa shape index (κ3) is 4.47. The number of urea groups is 1. The monoisotopic (exact) mass is 568 g/mol. The molecular formula is C28H26Cl2N4O3S. The highest BCUT2D eigenvalue weighted by Crippen LogP contribution is 2.46. The van der Waals surface area contributed by atoms with E-state index in [1.807, 2.05) is 47.4 Å². The zero-order valence-corrected chi connectivity index (χ0v) is 22.9. The average Bonchev–Trinajstić information content (AvgIpc) is 3.44. The van der Waals surface area contributed by atoms with Crippen molar-refractivity contribution in [2.45, 2.75) is 69.2 Å². The smallest absolute Gasteiger partial charge is 0.324 e. The lowest BCUT2D eigenvalue weighted by atomic mass is 9.99. The largest absolute Gasteiger partial charge is 0.373 e. The molecule has 3 fully saturated rings. The lowest BCUT2D eigenvalue weighted by Crippen LogP contribution is -2.50. The van der Waals surface area contributed by atoms with Gasteiger partial charge in [-0.05, 0) is 62.8 Å². The second-order valence-corrected chi connectivity index (χ2v) is 12.2. The number of aromatic nitrogens is 2. The van der Waals surface area contributed by atoms with E-state index in [4.69, 9.17) is 32.5 Å². The third-order valence-electron chi connectivity index (χ3n) is 7.86. The van der Waals surface area contributed by atoms with E-state index in [0.29, 0.717) is 39.0 Å². The van der Waals surface area contributed by atoms with Gasteiger partial charge >= 0.3 is 6.03 Å². The Morgan fingerprint density at radius 2 is 1.79 bits per heavy atom. The quantitative estimate of drug-likeness (QED) is 0.256. The van der Waals surface area contributed by atoms with Crippen LogP contribution in [-0.4, -0.2) is 39.3 Å². The van der Waals surface area contributed by atoms with Crippen molar-refractivity contribution in [1.29, 1.82) is 0 Å². The molecule has 2 amide bonds. The molecule has 0 spiro atoms. The highest BCUT2D eigenvalue weighted by molar-refractivity contribution is 7.22. The fourth-order valence-corrected chi connectivity index (χ4v) is 7.36. The van der Waals surface area contributed by atoms with Crippen LogP contribution in [0.25, 0.3) is 21.5 Å². The van der Waals surface area contributed by atoms with Crippen molar-refractivity contribution in [3.8, 4) is 11.3 Å². The first kappa shape index (κ1) is 24.4. The summed E-state index contributed by atoms with van der Waals surface area (Å²) in [5.74, 6) is 1.26. The number of rotatable bonds is 6. The van der Waals surface area contributed by atoms with Crippen molar-refractivity contribution in [2.75, 3.05) is 5.32 Å². The minimum absolute atomic E-state index is 0.0514. The van der Waals surface area contributed by atoms with E-state index in [1.54, 1.807) is 0 Å². The second-order valence-electron chi connectivity index (χ2n) is 10.4. The molecule has 7 nitrogen and oxygen atoms in total. The lowest BCUT2D eigenvalue weighted by molar-refractivity contribution is -0.0158. The van der Waals surface area contributed by atoms with Gasteiger partial charge in [0.15, 0.2) is 5.13 Å². The summed E-state index contributed by atoms with van der Waals surface area (Å²) in [5.41, 5.74) is 3.19. The van der Waals surface area contributed by atoms with Gasteiger partial charge in [0.2, 0.25) is 0 Å². The highest BCUT2D eigenvalue weighted by Gasteiger charge is 2.44. The Morgan fingerprint density at radius 3 is 2.50 bits per heavy atom. The van der Waals surface area contributed by atoms with Crippen LogP contribution in [0.2, 0.25) is 10.0 Å². The molecule has 2 unspecified atom stereocenters. The SMILES string of the molecule is O=C(Nc1nc2ccccc2s1)N1C2CCC1CC(OCc1c(-c3c(Cl)cccc3Cl)noc1C1CC1)C2. The van der Waals surface area contributed by atoms with Crippen LogP contribution in [0.4, 0.5) is 9.93 Å². The number of ether oxygens (including phenoxy) is 1. The van der Waals surface area contributed by atoms with Gasteiger partial charge in [0.25, 0.3) is 0 Å². The minimum atomic E-state index is -0.0688. The molecule has 2 saturated heterocycles. The molecule has 10 heteroatoms. The molecular weight excluding hydrogens is 543 g/mol. The van der Waals surface area contributed by atoms with Gasteiger partial charge in [0.05, 0.1) is 33.0 Å². The van der Waals surface area contributed by atoms with Crippen molar-refractivity contribution < 1.29 is 14.1 Å². The van der Waals surface area contributed by atoms with Crippen LogP contribution >= 0.6 is 34.5 Å². The molecule has 4 aromatic rings. The fourth-order valence-electron chi connectivity index (χ4n) is 5.93. The molecule has 1 N–H and O–H groups in total. The average molecular weight is 570 g/mol. The number of nitrogens with zero attached hydrogens (tertiary/aromatic N) is 3. The number of carbonyl (C=O) groups is 1. The van der Waals surface area contributed by atoms with Crippen molar-refractivity contribution >= 4 is 55.9 Å². The summed E-state index contributed by atoms with van der Waals surface area (Å²) in [7, 11) is 0. The first-order chi connectivity index (χ1) is 18.5. The van der Waals surface area contributed by atoms with Crippen LogP contribution in [-0.2, 0) is 11.3 Å². The van der Waals surface area contributed by atoms with E-state index in [-0.39, 0.29) is 24.2 Å². The third-order valence-corrected chi connectivity index (χ3v) is 9.44. The van der Waals surface area contributed by atoms with Gasteiger partial charge in [-0.1, -0.05) is 57.9 Å². The number of thiazole rings is 1. The van der Waals surface area contributed by atoms with Gasteiger partial charge in [-0.15, -0.1) is 0 Å². The highest BCUT2D eigenvalue weighted by atomic mass is 35.5. The first-order valence-electron chi connectivity index (χ1n) is 13.0. The van der Waals surface area contributed by atoms with E-state index in [2.05, 4.69) is 15.5 Å². The zero-order chi connectivity index (χ0) is 25.8. The first-order valence-corrected chi connectivity index (χ1v) is 14.6. The minimum Gasteiger partial charge on any atom is -0.373 e. The zero-order valence-electron chi connectivity index (χ0n) is 20.5. The molecule has 2 aliphatic heterocycles. The number of amides is 2. The molecule has 3 aliphatic rings. The van der Waals surface area contributed by atoms with E-state index in [9.17, 15) is 4.79 Å². The molecule has 4 heterocycles. The van der Waals surface area contributed by atoms with Crippen LogP contribution < -0.4 is 5.32 Å². The maximum atomic E-state index is 13.2. The van der Waals surface area contributed by atoms with Gasteiger partial charge in [-0.2, -0.15) is 0 Å². The molecule has 2 aromatic carbocycles. The topological polar surface area (TPSA) is 80.5 Å². The number of hydrogen-bond donors (Lipinski definition) is 1. The van der Waals surface area contributed by atoms with E-state index in [1.165, 1.54) is 11.3 Å². The van der Waals surface area contributed by atoms with E-state index >= 15 is 0 Å². The Morgan fingerprint density at radius 1 is 1.05 bits per heavy atom. The summed E-state index contributed by atoms with van der Waals surface area (Å²) >= 11 is 14.5. The Balaban J connectivity index is 1.05. The number of piperidine rings is 1. The van der Waals surface area contributed by atoms with Gasteiger partial charge in [-0.3, -0.25) is 5.32 Å². The predicted molar refractivity (Wildman–Crippen MR) is 149 cm³/mol. The lowest BCUT2D eigenvalue weighted by Gasteiger charge is -2.38. The number of para-hydroxylation sites is 1. The Labute approximate surface area is 234 Å². The molecule has 2 aromatic heterocycles. The summed E-state index contributed by atoms with van der Waals surface area (Å²) in [6.07, 6.45) is 5.80. The van der Waals surface area contributed by atoms with Crippen LogP contribution in [0, 0.1) is 0 Å². The van der Waals surface area contributed by atoms with Gasteiger partial charge < -0.3 is 14.2 Å². The predicted octanol–water partition coefficient (Wildman–Crippen LogP) is 7.88. The van der Waals surface area contributed by atoms with Crippen molar-refractivity contribution in [2.24, 2.45) is 0 Å². The maximum absolute atomic E-state index is 13.2. The Hall–Kier alpha value is -2.65. The molecule has 38 heavy (non-hydrogen) atoms. The number of anilines is 1. The molecule has 1 saturated carbocycles. The number of halogens is 2. The van der Waals surface area contributed by atoms with Crippen molar-refractivity contribution in [3.63, 3.8) is 0 Å². The van der Waals surface area contributed by atoms with E-state index < -0.39 is 0 Å². The number of benzene rings is 2. The summed E-state index contributed by atoms with van der Waals surface area (Å²) in [6, 6.07) is 13.6. The molecule has 2 bridgehead atoms. The van der Waals surface area contributed by atoms with E-state index in [0.717, 1.165) is 60.1 Å². The number of fused-ring (bicyclic) bond motifs is 3. The molecule has 196 valence electrons. The van der Waals surface area contributed by atoms with Gasteiger partial charge in [-0.25, -0.2) is 9.78 Å². The Bertz CT molecular complexity index is 1450. The van der Waals surface area contributed by atoms with Gasteiger partial charge in [0.1, 0.15) is 11.5 Å². The fraction of sp³-hybridized carbons (Fsp3) is 0.393. The van der Waals surface area contributed by atoms with Gasteiger partial charge in [0, 0.05) is 29.1 Å². The normalized spacial score (nSPS) is 22.8. The summed E-state index contributed by atoms with van der Waals surface area (Å²) in [4.78, 5) is 19.8. The van der Waals surface area contributed by atoms with Crippen LogP contribution in [0.1, 0.15) is 55.8 Å². The van der Waals surface area contributed by atoms with Crippen molar-refractivity contribution in [3.05, 3.63) is 63.8 Å². The molecule has 0 radical (unpaired) electrons. The summed E-state index contributed by atoms with van der Waals surface area (Å²) < 4.78 is 13.4. The molecule has 2 atom stereocenters. The molecule has 7 rings (SSSR count). The summed E-state index contributed by atoms with van der Waals surface area (Å²) in [6.45, 7) is 0.383. The second kappa shape index (κ2) is 9.83. The maximum Gasteiger partial charge on any atom is 0.324 e. The standard InChI is InChI=1S/C28H26Cl2N4O3S/c29-20-4-3-5-21(30)24(20)25-19(26(37-33-25)15-8-9-15)14-36-18-12-16-10-11-17(13-18)34(16)28(35)32-27-31-22-6-1-2-7-23(22)38-27/h1-7,15-18H,8-14H2,(H,31,32,35). The molecule has 1 aliphatic carbocycles. The Kier molecular flexibility index (Phi) is 6.31. The summed E-state index contributed by atoms with van der Waals surface area (Å²) in [5, 5.41) is 9.14. The van der Waals surface area contributed by atoms with Crippen molar-refractivity contribution in [1.82, 2.24) is 15.0 Å².